The summed E-state index contributed by atoms with van der Waals surface area (Å²) in [5, 5.41) is 4.96. The van der Waals surface area contributed by atoms with Crippen LogP contribution < -0.4 is 0 Å². The smallest absolute Gasteiger partial charge is 0.270 e. The molecule has 0 aromatic heterocycles. The predicted octanol–water partition coefficient (Wildman–Crippen LogP) is 1.64. The fraction of sp³-hybridized carbons (Fsp3) is 0.667. The molecule has 0 atom stereocenters. The molecule has 0 fully saturated rings. The molecule has 0 radical (unpaired) electrons. The second-order valence-corrected chi connectivity index (χ2v) is 3.31. The molecule has 0 bridgehead atoms. The van der Waals surface area contributed by atoms with Crippen LogP contribution in [0.2, 0.25) is 0 Å². The quantitative estimate of drug-likeness (QED) is 0.376. The zero-order valence-corrected chi connectivity index (χ0v) is 8.15. The maximum Gasteiger partial charge on any atom is 0.275 e. The number of alkyl halides is 2. The van der Waals surface area contributed by atoms with E-state index in [1.807, 2.05) is 0 Å². The molecule has 0 N–H and O–H groups in total. The van der Waals surface area contributed by atoms with Gasteiger partial charge in [0.2, 0.25) is 0 Å². The highest BCUT2D eigenvalue weighted by molar-refractivity contribution is 6.53. The number of hydrazone groups is 1. The standard InChI is InChI=1S/C6H10Cl2N2O/c1-4(2)9-10(3)6(11)5(7)8/h5H,1-3H3. The number of halogens is 2. The average molecular weight is 197 g/mol. The van der Waals surface area contributed by atoms with Gasteiger partial charge in [-0.3, -0.25) is 4.79 Å². The molecule has 0 aliphatic carbocycles. The minimum absolute atomic E-state index is 0.422. The Kier molecular flexibility index (Phi) is 4.45. The molecule has 0 aromatic rings. The van der Waals surface area contributed by atoms with Gasteiger partial charge in [0.15, 0.2) is 4.84 Å². The van der Waals surface area contributed by atoms with Crippen LogP contribution in [0.5, 0.6) is 0 Å². The van der Waals surface area contributed by atoms with Crippen molar-refractivity contribution in [1.29, 1.82) is 0 Å². The van der Waals surface area contributed by atoms with Crippen LogP contribution in [-0.2, 0) is 4.79 Å². The molecule has 5 heteroatoms. The van der Waals surface area contributed by atoms with E-state index in [9.17, 15) is 4.79 Å². The molecule has 1 amide bonds. The van der Waals surface area contributed by atoms with E-state index in [4.69, 9.17) is 23.2 Å². The summed E-state index contributed by atoms with van der Waals surface area (Å²) in [4.78, 5) is 9.89. The van der Waals surface area contributed by atoms with Gasteiger partial charge in [-0.25, -0.2) is 5.01 Å². The first kappa shape index (κ1) is 10.7. The third-order valence-electron chi connectivity index (χ3n) is 0.856. The molecule has 0 heterocycles. The summed E-state index contributed by atoms with van der Waals surface area (Å²) in [7, 11) is 1.51. The molecule has 0 saturated carbocycles. The van der Waals surface area contributed by atoms with Crippen LogP contribution in [0.4, 0.5) is 0 Å². The monoisotopic (exact) mass is 196 g/mol. The van der Waals surface area contributed by atoms with Gasteiger partial charge >= 0.3 is 0 Å². The number of hydrogen-bond donors (Lipinski definition) is 0. The number of nitrogens with zero attached hydrogens (tertiary/aromatic N) is 2. The van der Waals surface area contributed by atoms with Crippen LogP contribution in [0.25, 0.3) is 0 Å². The van der Waals surface area contributed by atoms with Crippen molar-refractivity contribution in [3.63, 3.8) is 0 Å². The largest absolute Gasteiger partial charge is 0.275 e. The first-order valence-electron chi connectivity index (χ1n) is 3.02. The second-order valence-electron chi connectivity index (χ2n) is 2.21. The Bertz CT molecular complexity index is 175. The average Bonchev–Trinajstić information content (AvgIpc) is 1.84. The lowest BCUT2D eigenvalue weighted by molar-refractivity contribution is -0.128. The van der Waals surface area contributed by atoms with Gasteiger partial charge in [-0.1, -0.05) is 23.2 Å². The van der Waals surface area contributed by atoms with Crippen molar-refractivity contribution in [1.82, 2.24) is 5.01 Å². The van der Waals surface area contributed by atoms with E-state index in [0.717, 1.165) is 10.7 Å². The highest BCUT2D eigenvalue weighted by Gasteiger charge is 2.15. The summed E-state index contributed by atoms with van der Waals surface area (Å²) in [6.07, 6.45) is 0. The van der Waals surface area contributed by atoms with Gasteiger partial charge in [-0.15, -0.1) is 0 Å². The zero-order valence-electron chi connectivity index (χ0n) is 6.64. The van der Waals surface area contributed by atoms with E-state index < -0.39 is 10.7 Å². The SMILES string of the molecule is CC(C)=NN(C)C(=O)C(Cl)Cl. The number of carbonyl (C=O) groups excluding carboxylic acids is 1. The van der Waals surface area contributed by atoms with Crippen LogP contribution in [-0.4, -0.2) is 28.5 Å². The van der Waals surface area contributed by atoms with Gasteiger partial charge in [-0.05, 0) is 13.8 Å². The Hall–Kier alpha value is -0.280. The number of rotatable bonds is 2. The Balaban J connectivity index is 4.15. The molecule has 0 aliphatic rings. The molecular weight excluding hydrogens is 187 g/mol. The maximum atomic E-state index is 10.9. The lowest BCUT2D eigenvalue weighted by atomic mass is 10.5. The molecule has 3 nitrogen and oxygen atoms in total. The van der Waals surface area contributed by atoms with E-state index in [2.05, 4.69) is 5.10 Å². The second kappa shape index (κ2) is 4.57. The Morgan fingerprint density at radius 2 is 1.91 bits per heavy atom. The van der Waals surface area contributed by atoms with Crippen molar-refractivity contribution in [2.75, 3.05) is 7.05 Å². The summed E-state index contributed by atoms with van der Waals surface area (Å²) in [5.41, 5.74) is 0.773. The van der Waals surface area contributed by atoms with Crippen molar-refractivity contribution < 1.29 is 4.79 Å². The molecule has 64 valence electrons. The summed E-state index contributed by atoms with van der Waals surface area (Å²) >= 11 is 10.6. The normalized spacial score (nSPS) is 9.64. The van der Waals surface area contributed by atoms with Crippen LogP contribution in [0.3, 0.4) is 0 Å². The van der Waals surface area contributed by atoms with Crippen LogP contribution >= 0.6 is 23.2 Å². The van der Waals surface area contributed by atoms with E-state index in [1.165, 1.54) is 7.05 Å². The Morgan fingerprint density at radius 1 is 1.45 bits per heavy atom. The summed E-state index contributed by atoms with van der Waals surface area (Å²) in [6, 6.07) is 0. The fourth-order valence-corrected chi connectivity index (χ4v) is 0.773. The summed E-state index contributed by atoms with van der Waals surface area (Å²) in [5.74, 6) is -0.422. The van der Waals surface area contributed by atoms with Crippen LogP contribution in [0.15, 0.2) is 5.10 Å². The maximum absolute atomic E-state index is 10.9. The van der Waals surface area contributed by atoms with Crippen molar-refractivity contribution in [3.8, 4) is 0 Å². The first-order valence-corrected chi connectivity index (χ1v) is 3.90. The third kappa shape index (κ3) is 4.22. The van der Waals surface area contributed by atoms with Crippen molar-refractivity contribution in [3.05, 3.63) is 0 Å². The van der Waals surface area contributed by atoms with Crippen LogP contribution in [0.1, 0.15) is 13.8 Å². The van der Waals surface area contributed by atoms with E-state index in [-0.39, 0.29) is 0 Å². The lowest BCUT2D eigenvalue weighted by Gasteiger charge is -2.11. The fourth-order valence-electron chi connectivity index (χ4n) is 0.491. The molecule has 0 spiro atoms. The Labute approximate surface area is 76.0 Å². The van der Waals surface area contributed by atoms with Crippen molar-refractivity contribution in [2.24, 2.45) is 5.10 Å². The van der Waals surface area contributed by atoms with E-state index >= 15 is 0 Å². The molecule has 0 rings (SSSR count). The van der Waals surface area contributed by atoms with Crippen molar-refractivity contribution in [2.45, 2.75) is 18.7 Å². The van der Waals surface area contributed by atoms with Gasteiger partial charge in [0.25, 0.3) is 5.91 Å². The summed E-state index contributed by atoms with van der Waals surface area (Å²) < 4.78 is 0. The molecule has 11 heavy (non-hydrogen) atoms. The number of amides is 1. The molecule has 0 saturated heterocycles. The minimum atomic E-state index is -1.04. The van der Waals surface area contributed by atoms with E-state index in [0.29, 0.717) is 0 Å². The van der Waals surface area contributed by atoms with Crippen molar-refractivity contribution >= 4 is 34.8 Å². The highest BCUT2D eigenvalue weighted by atomic mass is 35.5. The number of carbonyl (C=O) groups is 1. The molecule has 0 unspecified atom stereocenters. The summed E-state index contributed by atoms with van der Waals surface area (Å²) in [6.45, 7) is 3.56. The predicted molar refractivity (Wildman–Crippen MR) is 47.0 cm³/mol. The third-order valence-corrected chi connectivity index (χ3v) is 1.23. The topological polar surface area (TPSA) is 32.7 Å². The lowest BCUT2D eigenvalue weighted by Crippen LogP contribution is -2.27. The minimum Gasteiger partial charge on any atom is -0.270 e. The molecule has 0 aliphatic heterocycles. The van der Waals surface area contributed by atoms with E-state index in [1.54, 1.807) is 13.8 Å². The molecular formula is C6H10Cl2N2O. The first-order chi connectivity index (χ1) is 4.95. The van der Waals surface area contributed by atoms with Crippen LogP contribution in [0, 0.1) is 0 Å². The zero-order chi connectivity index (χ0) is 9.02. The highest BCUT2D eigenvalue weighted by Crippen LogP contribution is 2.05. The van der Waals surface area contributed by atoms with Gasteiger partial charge in [0, 0.05) is 12.8 Å². The van der Waals surface area contributed by atoms with Gasteiger partial charge in [0.05, 0.1) is 0 Å². The van der Waals surface area contributed by atoms with Gasteiger partial charge < -0.3 is 0 Å². The number of hydrogen-bond acceptors (Lipinski definition) is 2. The Morgan fingerprint density at radius 3 is 2.18 bits per heavy atom. The van der Waals surface area contributed by atoms with Gasteiger partial charge in [-0.2, -0.15) is 5.10 Å². The molecule has 0 aromatic carbocycles. The van der Waals surface area contributed by atoms with Gasteiger partial charge in [0.1, 0.15) is 0 Å².